The number of likely N-dealkylation sites (tertiary alicyclic amines) is 1. The molecule has 2 rings (SSSR count). The van der Waals surface area contributed by atoms with Gasteiger partial charge in [0.1, 0.15) is 6.04 Å². The molecule has 2 heterocycles. The van der Waals surface area contributed by atoms with Crippen LogP contribution in [-0.2, 0) is 23.9 Å². The zero-order chi connectivity index (χ0) is 21.3. The van der Waals surface area contributed by atoms with E-state index in [2.05, 4.69) is 13.8 Å². The maximum atomic E-state index is 12.7. The molecular weight excluding hydrogens is 362 g/mol. The largest absolute Gasteiger partial charge is 0.464 e. The van der Waals surface area contributed by atoms with Gasteiger partial charge in [-0.2, -0.15) is 0 Å². The van der Waals surface area contributed by atoms with Crippen LogP contribution in [0, 0.1) is 11.8 Å². The van der Waals surface area contributed by atoms with Gasteiger partial charge >= 0.3 is 5.97 Å². The number of nitrogens with zero attached hydrogens (tertiary/aromatic N) is 1. The fraction of sp³-hybridized carbons (Fsp3) is 0.857. The summed E-state index contributed by atoms with van der Waals surface area (Å²) in [5.41, 5.74) is 0. The fourth-order valence-corrected chi connectivity index (χ4v) is 3.29. The molecule has 0 radical (unpaired) electrons. The van der Waals surface area contributed by atoms with Gasteiger partial charge in [0, 0.05) is 12.5 Å². The van der Waals surface area contributed by atoms with E-state index < -0.39 is 35.4 Å². The molecule has 1 N–H and O–H groups in total. The fourth-order valence-electron chi connectivity index (χ4n) is 3.29. The Labute approximate surface area is 168 Å². The van der Waals surface area contributed by atoms with Crippen molar-refractivity contribution in [3.8, 4) is 0 Å². The van der Waals surface area contributed by atoms with Crippen molar-refractivity contribution in [3.63, 3.8) is 0 Å². The number of piperidine rings is 1. The third-order valence-electron chi connectivity index (χ3n) is 4.89. The van der Waals surface area contributed by atoms with Crippen molar-refractivity contribution >= 4 is 17.7 Å². The number of hydrogen-bond acceptors (Lipinski definition) is 6. The maximum Gasteiger partial charge on any atom is 0.328 e. The molecule has 7 heteroatoms. The van der Waals surface area contributed by atoms with Gasteiger partial charge in [0.2, 0.25) is 5.79 Å². The van der Waals surface area contributed by atoms with Crippen molar-refractivity contribution in [3.05, 3.63) is 0 Å². The molecule has 0 aromatic carbocycles. The Hall–Kier alpha value is -1.47. The molecule has 3 atom stereocenters. The summed E-state index contributed by atoms with van der Waals surface area (Å²) in [5.74, 6) is -4.70. The van der Waals surface area contributed by atoms with Crippen LogP contribution in [0.1, 0.15) is 73.1 Å². The Morgan fingerprint density at radius 1 is 1.18 bits per heavy atom. The Morgan fingerprint density at radius 3 is 2.39 bits per heavy atom. The summed E-state index contributed by atoms with van der Waals surface area (Å²) in [5, 5.41) is 10.6. The minimum Gasteiger partial charge on any atom is -0.464 e. The number of carbonyl (C=O) groups is 3. The highest BCUT2D eigenvalue weighted by atomic mass is 16.6. The van der Waals surface area contributed by atoms with Crippen molar-refractivity contribution in [2.75, 3.05) is 19.8 Å². The Balaban J connectivity index is 0.00000122. The van der Waals surface area contributed by atoms with Gasteiger partial charge in [0.15, 0.2) is 0 Å². The highest BCUT2D eigenvalue weighted by molar-refractivity contribution is 6.39. The van der Waals surface area contributed by atoms with Crippen molar-refractivity contribution in [1.29, 1.82) is 0 Å². The molecule has 2 aliphatic heterocycles. The van der Waals surface area contributed by atoms with E-state index in [4.69, 9.17) is 9.47 Å². The monoisotopic (exact) mass is 399 g/mol. The first-order valence-electron chi connectivity index (χ1n) is 10.6. The van der Waals surface area contributed by atoms with Gasteiger partial charge in [-0.25, -0.2) is 4.79 Å². The van der Waals surface area contributed by atoms with Gasteiger partial charge < -0.3 is 19.5 Å². The van der Waals surface area contributed by atoms with E-state index >= 15 is 0 Å². The zero-order valence-corrected chi connectivity index (χ0v) is 18.0. The van der Waals surface area contributed by atoms with Crippen LogP contribution in [0.25, 0.3) is 0 Å². The quantitative estimate of drug-likeness (QED) is 0.564. The van der Waals surface area contributed by atoms with Gasteiger partial charge in [0.05, 0.1) is 13.2 Å². The molecule has 162 valence electrons. The predicted octanol–water partition coefficient (Wildman–Crippen LogP) is 2.69. The number of Topliss-reactive ketones (excluding diaryl/α,β-unsaturated/α-hetero) is 1. The maximum absolute atomic E-state index is 12.7. The van der Waals surface area contributed by atoms with Crippen LogP contribution in [0.4, 0.5) is 0 Å². The van der Waals surface area contributed by atoms with Crippen LogP contribution in [0.5, 0.6) is 0 Å². The van der Waals surface area contributed by atoms with Crippen molar-refractivity contribution in [2.45, 2.75) is 85.0 Å². The SMILES string of the molecule is CC(C)COC(=O)[C@@H]1CCCCN1C(=O)C(=O)[C@]1(O)OCCC[C@H]1C.CCC. The van der Waals surface area contributed by atoms with Gasteiger partial charge in [-0.05, 0) is 38.0 Å². The van der Waals surface area contributed by atoms with Crippen molar-refractivity contribution in [1.82, 2.24) is 4.90 Å². The molecule has 0 spiro atoms. The normalized spacial score (nSPS) is 27.6. The number of esters is 1. The second-order valence-electron chi connectivity index (χ2n) is 8.16. The summed E-state index contributed by atoms with van der Waals surface area (Å²) in [7, 11) is 0. The predicted molar refractivity (Wildman–Crippen MR) is 105 cm³/mol. The summed E-state index contributed by atoms with van der Waals surface area (Å²) in [6.45, 7) is 10.6. The second kappa shape index (κ2) is 11.5. The van der Waals surface area contributed by atoms with Crippen LogP contribution in [0.2, 0.25) is 0 Å². The molecule has 2 fully saturated rings. The molecule has 2 saturated heterocycles. The number of amides is 1. The first-order chi connectivity index (χ1) is 13.2. The molecule has 7 nitrogen and oxygen atoms in total. The van der Waals surface area contributed by atoms with Crippen LogP contribution < -0.4 is 0 Å². The Bertz CT molecular complexity index is 535. The van der Waals surface area contributed by atoms with Crippen molar-refractivity contribution in [2.24, 2.45) is 11.8 Å². The zero-order valence-electron chi connectivity index (χ0n) is 18.0. The molecule has 0 aromatic heterocycles. The molecule has 2 aliphatic rings. The lowest BCUT2D eigenvalue weighted by molar-refractivity contribution is -0.240. The second-order valence-corrected chi connectivity index (χ2v) is 8.16. The highest BCUT2D eigenvalue weighted by Crippen LogP contribution is 2.31. The molecule has 28 heavy (non-hydrogen) atoms. The standard InChI is InChI=1S/C18H29NO6.C3H8/c1-12(2)11-24-17(22)14-8-4-5-9-19(14)16(21)15(20)18(23)13(3)7-6-10-25-18;1-3-2/h12-14,23H,4-11H2,1-3H3;3H2,1-2H3/t13-,14+,18-;/m1./s1. The van der Waals surface area contributed by atoms with Gasteiger partial charge in [-0.3, -0.25) is 9.59 Å². The average molecular weight is 400 g/mol. The van der Waals surface area contributed by atoms with E-state index in [1.165, 1.54) is 11.3 Å². The summed E-state index contributed by atoms with van der Waals surface area (Å²) < 4.78 is 10.5. The average Bonchev–Trinajstić information content (AvgIpc) is 2.68. The van der Waals surface area contributed by atoms with E-state index in [1.807, 2.05) is 13.8 Å². The van der Waals surface area contributed by atoms with Gasteiger partial charge in [-0.15, -0.1) is 0 Å². The summed E-state index contributed by atoms with van der Waals surface area (Å²) in [6, 6.07) is -0.772. The van der Waals surface area contributed by atoms with Crippen molar-refractivity contribution < 1.29 is 29.0 Å². The first-order valence-corrected chi connectivity index (χ1v) is 10.6. The number of rotatable bonds is 5. The smallest absolute Gasteiger partial charge is 0.328 e. The lowest BCUT2D eigenvalue weighted by Gasteiger charge is -2.39. The third kappa shape index (κ3) is 6.27. The number of aliphatic hydroxyl groups is 1. The number of carbonyl (C=O) groups excluding carboxylic acids is 3. The minimum absolute atomic E-state index is 0.190. The lowest BCUT2D eigenvalue weighted by atomic mass is 9.88. The summed E-state index contributed by atoms with van der Waals surface area (Å²) in [4.78, 5) is 39.0. The number of ketones is 1. The topological polar surface area (TPSA) is 93.1 Å². The molecule has 0 bridgehead atoms. The Kier molecular flexibility index (Phi) is 10.1. The number of ether oxygens (including phenoxy) is 2. The van der Waals surface area contributed by atoms with E-state index in [1.54, 1.807) is 6.92 Å². The van der Waals surface area contributed by atoms with Gasteiger partial charge in [0.25, 0.3) is 11.7 Å². The van der Waals surface area contributed by atoms with Crippen LogP contribution in [0.3, 0.4) is 0 Å². The van der Waals surface area contributed by atoms with Crippen LogP contribution in [-0.4, -0.2) is 59.3 Å². The minimum atomic E-state index is -2.10. The molecular formula is C21H37NO6. The third-order valence-corrected chi connectivity index (χ3v) is 4.89. The lowest BCUT2D eigenvalue weighted by Crippen LogP contribution is -2.59. The van der Waals surface area contributed by atoms with Crippen LogP contribution >= 0.6 is 0 Å². The molecule has 1 amide bonds. The van der Waals surface area contributed by atoms with Gasteiger partial charge in [-0.1, -0.05) is 41.0 Å². The van der Waals surface area contributed by atoms with Crippen LogP contribution in [0.15, 0.2) is 0 Å². The van der Waals surface area contributed by atoms with E-state index in [-0.39, 0.29) is 19.1 Å². The Morgan fingerprint density at radius 2 is 1.82 bits per heavy atom. The molecule has 0 aliphatic carbocycles. The molecule has 0 unspecified atom stereocenters. The molecule has 0 saturated carbocycles. The van der Waals surface area contributed by atoms with E-state index in [0.29, 0.717) is 25.8 Å². The number of hydrogen-bond donors (Lipinski definition) is 1. The first kappa shape index (κ1) is 24.6. The molecule has 0 aromatic rings. The summed E-state index contributed by atoms with van der Waals surface area (Å²) in [6.07, 6.45) is 4.55. The van der Waals surface area contributed by atoms with E-state index in [0.717, 1.165) is 12.8 Å². The van der Waals surface area contributed by atoms with E-state index in [9.17, 15) is 19.5 Å². The summed E-state index contributed by atoms with van der Waals surface area (Å²) >= 11 is 0. The highest BCUT2D eigenvalue weighted by Gasteiger charge is 2.50.